The number of halogens is 4. The zero-order valence-electron chi connectivity index (χ0n) is 10.9. The van der Waals surface area contributed by atoms with E-state index in [9.17, 15) is 13.2 Å². The van der Waals surface area contributed by atoms with Gasteiger partial charge in [0.2, 0.25) is 0 Å². The van der Waals surface area contributed by atoms with Crippen LogP contribution in [0, 0.1) is 0 Å². The van der Waals surface area contributed by atoms with Crippen LogP contribution in [0.15, 0.2) is 28.7 Å². The Bertz CT molecular complexity index is 435. The third-order valence-corrected chi connectivity index (χ3v) is 3.88. The van der Waals surface area contributed by atoms with Crippen molar-refractivity contribution in [3.8, 4) is 0 Å². The van der Waals surface area contributed by atoms with Crippen LogP contribution in [0.5, 0.6) is 0 Å². The van der Waals surface area contributed by atoms with Gasteiger partial charge in [0.1, 0.15) is 6.61 Å². The molecule has 1 aromatic carbocycles. The zero-order chi connectivity index (χ0) is 14.6. The Kier molecular flexibility index (Phi) is 5.46. The van der Waals surface area contributed by atoms with Gasteiger partial charge >= 0.3 is 6.18 Å². The molecule has 2 rings (SSSR count). The van der Waals surface area contributed by atoms with Crippen molar-refractivity contribution in [1.82, 2.24) is 5.32 Å². The summed E-state index contributed by atoms with van der Waals surface area (Å²) in [4.78, 5) is 0. The lowest BCUT2D eigenvalue weighted by molar-refractivity contribution is -0.174. The van der Waals surface area contributed by atoms with Crippen LogP contribution in [0.1, 0.15) is 24.3 Å². The molecule has 112 valence electrons. The molecule has 0 amide bonds. The van der Waals surface area contributed by atoms with E-state index in [1.54, 1.807) is 0 Å². The van der Waals surface area contributed by atoms with E-state index in [1.807, 2.05) is 24.3 Å². The highest BCUT2D eigenvalue weighted by Gasteiger charge is 2.29. The molecule has 1 atom stereocenters. The Labute approximate surface area is 124 Å². The Morgan fingerprint density at radius 2 is 2.00 bits per heavy atom. The lowest BCUT2D eigenvalue weighted by atomic mass is 10.00. The smallest absolute Gasteiger partial charge is 0.371 e. The first-order valence-corrected chi connectivity index (χ1v) is 7.37. The van der Waals surface area contributed by atoms with Gasteiger partial charge in [-0.2, -0.15) is 13.2 Å². The Morgan fingerprint density at radius 1 is 1.30 bits per heavy atom. The number of hydrogen-bond acceptors (Lipinski definition) is 2. The number of ether oxygens (including phenoxy) is 1. The summed E-state index contributed by atoms with van der Waals surface area (Å²) in [5, 5.41) is 3.35. The van der Waals surface area contributed by atoms with E-state index in [0.717, 1.165) is 22.9 Å². The zero-order valence-corrected chi connectivity index (χ0v) is 12.5. The van der Waals surface area contributed by atoms with E-state index >= 15 is 0 Å². The predicted molar refractivity (Wildman–Crippen MR) is 74.8 cm³/mol. The molecule has 0 bridgehead atoms. The van der Waals surface area contributed by atoms with Gasteiger partial charge in [0, 0.05) is 23.0 Å². The molecule has 6 heteroatoms. The summed E-state index contributed by atoms with van der Waals surface area (Å²) < 4.78 is 42.2. The molecule has 1 aliphatic carbocycles. The summed E-state index contributed by atoms with van der Waals surface area (Å²) in [6, 6.07) is 8.09. The number of nitrogens with one attached hydrogen (secondary N) is 1. The Morgan fingerprint density at radius 3 is 2.60 bits per heavy atom. The first-order chi connectivity index (χ1) is 9.46. The lowest BCUT2D eigenvalue weighted by Gasteiger charge is -2.20. The van der Waals surface area contributed by atoms with Crippen LogP contribution in [-0.2, 0) is 4.74 Å². The minimum Gasteiger partial charge on any atom is -0.371 e. The van der Waals surface area contributed by atoms with Crippen molar-refractivity contribution in [3.63, 3.8) is 0 Å². The highest BCUT2D eigenvalue weighted by molar-refractivity contribution is 9.10. The topological polar surface area (TPSA) is 21.3 Å². The van der Waals surface area contributed by atoms with Crippen LogP contribution in [0.2, 0.25) is 0 Å². The molecule has 0 aromatic heterocycles. The average molecular weight is 352 g/mol. The molecule has 1 fully saturated rings. The Hall–Kier alpha value is -0.590. The van der Waals surface area contributed by atoms with Gasteiger partial charge in [-0.25, -0.2) is 0 Å². The Balaban J connectivity index is 1.94. The van der Waals surface area contributed by atoms with Crippen LogP contribution >= 0.6 is 15.9 Å². The third-order valence-electron chi connectivity index (χ3n) is 3.16. The molecule has 0 heterocycles. The van der Waals surface area contributed by atoms with Gasteiger partial charge in [-0.05, 0) is 24.5 Å². The number of hydrogen-bond donors (Lipinski definition) is 1. The fourth-order valence-electron chi connectivity index (χ4n) is 1.98. The molecule has 1 aromatic rings. The summed E-state index contributed by atoms with van der Waals surface area (Å²) in [5.41, 5.74) is 0.975. The van der Waals surface area contributed by atoms with Gasteiger partial charge in [0.25, 0.3) is 0 Å². The van der Waals surface area contributed by atoms with Gasteiger partial charge in [0.05, 0.1) is 6.61 Å². The molecular formula is C14H17BrF3NO. The van der Waals surface area contributed by atoms with Crippen molar-refractivity contribution in [2.24, 2.45) is 0 Å². The molecule has 0 spiro atoms. The normalized spacial score (nSPS) is 17.2. The first-order valence-electron chi connectivity index (χ1n) is 6.58. The summed E-state index contributed by atoms with van der Waals surface area (Å²) in [6.45, 7) is -0.510. The van der Waals surface area contributed by atoms with Crippen LogP contribution in [0.3, 0.4) is 0 Å². The van der Waals surface area contributed by atoms with Gasteiger partial charge in [-0.3, -0.25) is 0 Å². The second kappa shape index (κ2) is 6.91. The first kappa shape index (κ1) is 15.8. The third kappa shape index (κ3) is 5.42. The molecule has 0 aliphatic heterocycles. The highest BCUT2D eigenvalue weighted by atomic mass is 79.9. The lowest BCUT2D eigenvalue weighted by Crippen LogP contribution is -2.28. The SMILES string of the molecule is FC(F)(F)COCC(CNC1CC1)c1ccccc1Br. The molecule has 20 heavy (non-hydrogen) atoms. The van der Waals surface area contributed by atoms with Crippen LogP contribution in [0.4, 0.5) is 13.2 Å². The van der Waals surface area contributed by atoms with Crippen molar-refractivity contribution in [2.45, 2.75) is 31.0 Å². The van der Waals surface area contributed by atoms with Gasteiger partial charge < -0.3 is 10.1 Å². The maximum Gasteiger partial charge on any atom is 0.411 e. The molecule has 1 unspecified atom stereocenters. The maximum atomic E-state index is 12.2. The van der Waals surface area contributed by atoms with E-state index in [4.69, 9.17) is 4.74 Å². The summed E-state index contributed by atoms with van der Waals surface area (Å²) in [7, 11) is 0. The minimum atomic E-state index is -4.28. The van der Waals surface area contributed by atoms with Crippen molar-refractivity contribution in [1.29, 1.82) is 0 Å². The average Bonchev–Trinajstić information content (AvgIpc) is 3.17. The van der Waals surface area contributed by atoms with E-state index < -0.39 is 12.8 Å². The minimum absolute atomic E-state index is 0.0574. The van der Waals surface area contributed by atoms with Gasteiger partial charge in [-0.1, -0.05) is 34.1 Å². The van der Waals surface area contributed by atoms with Crippen LogP contribution < -0.4 is 5.32 Å². The molecular weight excluding hydrogens is 335 g/mol. The highest BCUT2D eigenvalue weighted by Crippen LogP contribution is 2.27. The quantitative estimate of drug-likeness (QED) is 0.805. The largest absolute Gasteiger partial charge is 0.411 e. The van der Waals surface area contributed by atoms with Crippen molar-refractivity contribution >= 4 is 15.9 Å². The molecule has 2 nitrogen and oxygen atoms in total. The van der Waals surface area contributed by atoms with Gasteiger partial charge in [-0.15, -0.1) is 0 Å². The number of benzene rings is 1. The van der Waals surface area contributed by atoms with E-state index in [-0.39, 0.29) is 12.5 Å². The summed E-state index contributed by atoms with van der Waals surface area (Å²) in [5.74, 6) is -0.0893. The van der Waals surface area contributed by atoms with Crippen LogP contribution in [0.25, 0.3) is 0 Å². The predicted octanol–water partition coefficient (Wildman–Crippen LogP) is 3.86. The van der Waals surface area contributed by atoms with E-state index in [0.29, 0.717) is 12.6 Å². The molecule has 1 aliphatic rings. The van der Waals surface area contributed by atoms with Crippen molar-refractivity contribution in [3.05, 3.63) is 34.3 Å². The maximum absolute atomic E-state index is 12.2. The molecule has 1 saturated carbocycles. The molecule has 1 N–H and O–H groups in total. The van der Waals surface area contributed by atoms with Gasteiger partial charge in [0.15, 0.2) is 0 Å². The fourth-order valence-corrected chi connectivity index (χ4v) is 2.59. The number of rotatable bonds is 7. The second-order valence-electron chi connectivity index (χ2n) is 5.03. The monoisotopic (exact) mass is 351 g/mol. The summed E-state index contributed by atoms with van der Waals surface area (Å²) in [6.07, 6.45) is -1.99. The van der Waals surface area contributed by atoms with E-state index in [1.165, 1.54) is 0 Å². The number of alkyl halides is 3. The van der Waals surface area contributed by atoms with Crippen molar-refractivity contribution < 1.29 is 17.9 Å². The van der Waals surface area contributed by atoms with Crippen molar-refractivity contribution in [2.75, 3.05) is 19.8 Å². The standard InChI is InChI=1S/C14H17BrF3NO/c15-13-4-2-1-3-12(13)10(7-19-11-5-6-11)8-20-9-14(16,17)18/h1-4,10-11,19H,5-9H2. The van der Waals surface area contributed by atoms with E-state index in [2.05, 4.69) is 21.2 Å². The molecule has 0 radical (unpaired) electrons. The summed E-state index contributed by atoms with van der Waals surface area (Å²) >= 11 is 3.45. The van der Waals surface area contributed by atoms with Crippen LogP contribution in [-0.4, -0.2) is 32.0 Å². The molecule has 0 saturated heterocycles. The second-order valence-corrected chi connectivity index (χ2v) is 5.89. The fraction of sp³-hybridized carbons (Fsp3) is 0.571.